The number of aliphatic hydroxyl groups excluding tert-OH is 14. The molecule has 6 saturated heterocycles. The highest BCUT2D eigenvalue weighted by Crippen LogP contribution is 2.43. The van der Waals surface area contributed by atoms with Crippen molar-refractivity contribution in [3.8, 4) is 0 Å². The molecule has 32 unspecified atom stereocenters. The highest BCUT2D eigenvalue weighted by atomic mass is 16.8. The summed E-state index contributed by atoms with van der Waals surface area (Å²) in [5.74, 6) is -36.3. The van der Waals surface area contributed by atoms with Crippen LogP contribution in [0.3, 0.4) is 0 Å². The van der Waals surface area contributed by atoms with E-state index in [1.165, 1.54) is 0 Å². The largest absolute Gasteiger partial charge is 0.477 e. The first-order valence-corrected chi connectivity index (χ1v) is 34.5. The number of hydrogen-bond donors (Lipinski definition) is 30. The van der Waals surface area contributed by atoms with Crippen molar-refractivity contribution in [1.82, 2.24) is 38.1 Å². The summed E-state index contributed by atoms with van der Waals surface area (Å²) in [5.41, 5.74) is 5.71. The number of aldehydes is 1. The molecule has 0 bridgehead atoms. The topological polar surface area (TPSA) is 892 Å². The highest BCUT2D eigenvalue weighted by Gasteiger charge is 2.65. The Morgan fingerprint density at radius 2 is 0.583 bits per heavy atom. The molecule has 0 radical (unpaired) electrons. The summed E-state index contributed by atoms with van der Waals surface area (Å²) in [4.78, 5) is 158. The van der Waals surface area contributed by atoms with Crippen LogP contribution in [0.4, 0.5) is 0 Å². The molecule has 0 aromatic carbocycles. The van der Waals surface area contributed by atoms with Crippen molar-refractivity contribution in [3.05, 3.63) is 0 Å². The normalized spacial score (nSPS) is 37.4. The van der Waals surface area contributed by atoms with Crippen molar-refractivity contribution >= 4 is 77.5 Å². The molecule has 658 valence electrons. The molecular formula is C62H100N8O45. The number of aliphatic carboxylic acids is 6. The molecule has 32 atom stereocenters. The van der Waals surface area contributed by atoms with Crippen molar-refractivity contribution in [2.75, 3.05) is 33.0 Å². The standard InChI is InChI=1S/C31H50N4O22.C31H47N3O23.H3N/c1-10(38)33-19-14(42)5-30(27(48)49,53-16(19)7-32)54-18(9-37)23(45)25-21(35-12(3)40)15(43)6-31(57-25,28(50)51)55-17(8-36)22(44)24-20(34-11(2)39)13(41)4-29(52,56-24)26(46)47;1-10(38)32-19-14(42)5-30(27(48)49,53-16(19)7-35)54-18(9-37)23(45)25-21(34-12(3)40)15(43)6-31(57-25,28(50)51)55-17(8-36)22(44)24-20(33-11(2)39)13(41)4-29(52,56-24)26(46)47;/h13-25,36-37,41-45,52H,4-9,32H2,1-3H3,(H,33,38)(H,34,39)(H,35,40)(H,46,47)(H,48,49)(H,50,51);7,13-25,36-37,41-45,52H,4-6,8-9H2,1-3H3,(H,32,38)(H,33,39)(H,34,40)(H,46,47)(H,48,49)(H,50,51);1H3. The summed E-state index contributed by atoms with van der Waals surface area (Å²) in [5, 5.41) is 247. The Bertz CT molecular complexity index is 3450. The zero-order valence-electron chi connectivity index (χ0n) is 61.9. The summed E-state index contributed by atoms with van der Waals surface area (Å²) in [6.07, 6.45) is -49.4. The molecule has 6 fully saturated rings. The third-order valence-corrected chi connectivity index (χ3v) is 19.0. The second-order valence-electron chi connectivity index (χ2n) is 27.7. The summed E-state index contributed by atoms with van der Waals surface area (Å²) in [7, 11) is 0. The van der Waals surface area contributed by atoms with E-state index >= 15 is 0 Å². The Morgan fingerprint density at radius 1 is 0.365 bits per heavy atom. The van der Waals surface area contributed by atoms with Crippen LogP contribution >= 0.6 is 0 Å². The summed E-state index contributed by atoms with van der Waals surface area (Å²) >= 11 is 0. The fourth-order valence-electron chi connectivity index (χ4n) is 13.8. The van der Waals surface area contributed by atoms with Crippen molar-refractivity contribution in [1.29, 1.82) is 0 Å². The molecule has 6 amide bonds. The number of carboxylic acids is 6. The number of amides is 6. The van der Waals surface area contributed by atoms with Gasteiger partial charge in [0.05, 0.1) is 105 Å². The van der Waals surface area contributed by atoms with Gasteiger partial charge in [0.2, 0.25) is 35.4 Å². The second-order valence-corrected chi connectivity index (χ2v) is 27.7. The number of carbonyl (C=O) groups excluding carboxylic acids is 7. The Labute approximate surface area is 647 Å². The fraction of sp³-hybridized carbons (Fsp3) is 0.790. The van der Waals surface area contributed by atoms with E-state index in [4.69, 9.17) is 53.1 Å². The average Bonchev–Trinajstić information content (AvgIpc) is 0.755. The van der Waals surface area contributed by atoms with Crippen LogP contribution in [0.5, 0.6) is 0 Å². The molecule has 0 aliphatic carbocycles. The van der Waals surface area contributed by atoms with Gasteiger partial charge in [0.25, 0.3) is 34.7 Å². The van der Waals surface area contributed by atoms with E-state index in [0.717, 1.165) is 41.5 Å². The van der Waals surface area contributed by atoms with Gasteiger partial charge < -0.3 is 208 Å². The van der Waals surface area contributed by atoms with E-state index in [1.807, 2.05) is 0 Å². The van der Waals surface area contributed by atoms with E-state index in [2.05, 4.69) is 31.9 Å². The summed E-state index contributed by atoms with van der Waals surface area (Å²) < 4.78 is 54.5. The molecule has 6 heterocycles. The first kappa shape index (κ1) is 99.5. The van der Waals surface area contributed by atoms with Gasteiger partial charge >= 0.3 is 35.8 Å². The van der Waals surface area contributed by atoms with E-state index in [0.29, 0.717) is 0 Å². The quantitative estimate of drug-likeness (QED) is 0.0266. The van der Waals surface area contributed by atoms with Crippen molar-refractivity contribution < 1.29 is 222 Å². The maximum absolute atomic E-state index is 12.9. The minimum absolute atomic E-state index is 0. The maximum Gasteiger partial charge on any atom is 0.364 e. The molecule has 33 N–H and O–H groups in total. The number of ether oxygens (including phenoxy) is 10. The Morgan fingerprint density at radius 3 is 0.817 bits per heavy atom. The summed E-state index contributed by atoms with van der Waals surface area (Å²) in [6.45, 7) is -0.0731. The Kier molecular flexibility index (Phi) is 35.1. The van der Waals surface area contributed by atoms with Gasteiger partial charge in [-0.2, -0.15) is 0 Å². The number of carbonyl (C=O) groups is 13. The molecule has 53 nitrogen and oxygen atoms in total. The van der Waals surface area contributed by atoms with Crippen LogP contribution in [0.15, 0.2) is 0 Å². The lowest BCUT2D eigenvalue weighted by Gasteiger charge is -2.50. The van der Waals surface area contributed by atoms with E-state index in [-0.39, 0.29) is 12.4 Å². The second kappa shape index (κ2) is 40.6. The smallest absolute Gasteiger partial charge is 0.364 e. The van der Waals surface area contributed by atoms with Gasteiger partial charge in [-0.15, -0.1) is 0 Å². The molecule has 0 aromatic heterocycles. The molecule has 0 spiro atoms. The molecule has 6 aliphatic heterocycles. The van der Waals surface area contributed by atoms with Crippen LogP contribution in [0.25, 0.3) is 0 Å². The molecule has 115 heavy (non-hydrogen) atoms. The number of nitrogens with two attached hydrogens (primary N) is 1. The number of carboxylic acid groups (broad SMARTS) is 6. The monoisotopic (exact) mass is 1680 g/mol. The van der Waals surface area contributed by atoms with Gasteiger partial charge in [0.1, 0.15) is 79.4 Å². The molecule has 6 rings (SSSR count). The van der Waals surface area contributed by atoms with Gasteiger partial charge in [-0.25, -0.2) is 28.8 Å². The highest BCUT2D eigenvalue weighted by molar-refractivity contribution is 5.81. The van der Waals surface area contributed by atoms with Gasteiger partial charge in [-0.05, 0) is 0 Å². The minimum Gasteiger partial charge on any atom is -0.477 e. The van der Waals surface area contributed by atoms with E-state index < -0.39 is 336 Å². The predicted octanol–water partition coefficient (Wildman–Crippen LogP) is -16.2. The van der Waals surface area contributed by atoms with Crippen LogP contribution in [0.2, 0.25) is 0 Å². The maximum atomic E-state index is 12.9. The minimum atomic E-state index is -3.30. The van der Waals surface area contributed by atoms with Crippen molar-refractivity contribution in [2.45, 2.75) is 273 Å². The first-order chi connectivity index (χ1) is 52.8. The fourth-order valence-corrected chi connectivity index (χ4v) is 13.8. The Balaban J connectivity index is 0.000000480. The van der Waals surface area contributed by atoms with Crippen LogP contribution in [-0.4, -0.2) is 416 Å². The number of rotatable bonds is 34. The molecule has 0 saturated carbocycles. The van der Waals surface area contributed by atoms with E-state index in [1.54, 1.807) is 0 Å². The zero-order chi connectivity index (χ0) is 86.7. The van der Waals surface area contributed by atoms with Crippen molar-refractivity contribution in [2.24, 2.45) is 5.73 Å². The van der Waals surface area contributed by atoms with Gasteiger partial charge in [-0.1, -0.05) is 0 Å². The zero-order valence-corrected chi connectivity index (χ0v) is 61.9. The molecule has 6 aliphatic rings. The van der Waals surface area contributed by atoms with Crippen LogP contribution < -0.4 is 43.8 Å². The predicted molar refractivity (Wildman–Crippen MR) is 357 cm³/mol. The third kappa shape index (κ3) is 22.9. The van der Waals surface area contributed by atoms with Gasteiger partial charge in [0, 0.05) is 86.6 Å². The molecule has 0 aromatic rings. The van der Waals surface area contributed by atoms with Crippen LogP contribution in [0, 0.1) is 0 Å². The number of nitrogens with one attached hydrogen (secondary N) is 6. The lowest BCUT2D eigenvalue weighted by Crippen LogP contribution is -2.71. The lowest BCUT2D eigenvalue weighted by molar-refractivity contribution is -0.352. The number of hydrogen-bond acceptors (Lipinski definition) is 41. The molecule has 53 heteroatoms. The SMILES string of the molecule is CC(=O)NC1C(O)CC(OC(CO)C(O)C2OC(OC(CO)C(O)C3OC(O)(C(=O)O)CC(O)C3NC(C)=O)(C(=O)O)CC(O)C2NC(C)=O)(C(=O)O)OC1C=O.CC(=O)NC1C(O)CC(OC(CO)C(O)C2OC(OC(CO)C(O)C3OC(O)(C(=O)O)CC(O)C3NC(C)=O)(C(=O)O)CC(O)C2NC(C)=O)(C(=O)O)OC1CN.N. The van der Waals surface area contributed by atoms with Gasteiger partial charge in [-0.3, -0.25) is 28.8 Å². The average molecular weight is 1680 g/mol. The van der Waals surface area contributed by atoms with Crippen LogP contribution in [-0.2, 0) is 110 Å². The first-order valence-electron chi connectivity index (χ1n) is 34.5. The summed E-state index contributed by atoms with van der Waals surface area (Å²) in [6, 6.07) is -9.85. The molecular weight excluding hydrogens is 1580 g/mol. The third-order valence-electron chi connectivity index (χ3n) is 19.0. The van der Waals surface area contributed by atoms with Crippen molar-refractivity contribution in [3.63, 3.8) is 0 Å². The number of aliphatic hydroxyl groups is 16. The van der Waals surface area contributed by atoms with Gasteiger partial charge in [0.15, 0.2) is 6.29 Å². The Hall–Kier alpha value is -7.81. The van der Waals surface area contributed by atoms with Crippen LogP contribution in [0.1, 0.15) is 80.1 Å². The van der Waals surface area contributed by atoms with E-state index in [9.17, 15) is 175 Å². The lowest BCUT2D eigenvalue weighted by atomic mass is 9.87.